The minimum Gasteiger partial charge on any atom is -0.495 e. The van der Waals surface area contributed by atoms with E-state index < -0.39 is 11.1 Å². The zero-order valence-corrected chi connectivity index (χ0v) is 22.2. The number of benzene rings is 2. The summed E-state index contributed by atoms with van der Waals surface area (Å²) in [6.07, 6.45) is 3.21. The van der Waals surface area contributed by atoms with Crippen LogP contribution in [0.4, 0.5) is 4.79 Å². The van der Waals surface area contributed by atoms with Crippen molar-refractivity contribution in [3.05, 3.63) is 71.9 Å². The molecule has 1 aliphatic rings. The third kappa shape index (κ3) is 4.78. The van der Waals surface area contributed by atoms with Crippen LogP contribution in [0.3, 0.4) is 0 Å². The summed E-state index contributed by atoms with van der Waals surface area (Å²) in [5.41, 5.74) is 5.56. The van der Waals surface area contributed by atoms with E-state index in [1.165, 1.54) is 0 Å². The van der Waals surface area contributed by atoms with Crippen molar-refractivity contribution in [1.29, 1.82) is 0 Å². The Morgan fingerprint density at radius 3 is 2.32 bits per heavy atom. The van der Waals surface area contributed by atoms with E-state index in [9.17, 15) is 4.79 Å². The lowest BCUT2D eigenvalue weighted by atomic mass is 9.71. The third-order valence-corrected chi connectivity index (χ3v) is 6.91. The summed E-state index contributed by atoms with van der Waals surface area (Å²) in [7, 11) is 1.66. The summed E-state index contributed by atoms with van der Waals surface area (Å²) in [5.74, 6) is 0.738. The molecule has 0 saturated heterocycles. The average Bonchev–Trinajstić information content (AvgIpc) is 3.23. The summed E-state index contributed by atoms with van der Waals surface area (Å²) < 4.78 is 13.0. The van der Waals surface area contributed by atoms with Gasteiger partial charge in [0.1, 0.15) is 22.7 Å². The summed E-state index contributed by atoms with van der Waals surface area (Å²) in [4.78, 5) is 17.6. The van der Waals surface area contributed by atoms with Gasteiger partial charge in [-0.1, -0.05) is 61.5 Å². The second-order valence-electron chi connectivity index (χ2n) is 10.6. The number of aromatic nitrogens is 3. The molecule has 0 spiro atoms. The number of imidazole rings is 1. The smallest absolute Gasteiger partial charge is 0.408 e. The van der Waals surface area contributed by atoms with Gasteiger partial charge in [0.05, 0.1) is 18.3 Å². The first-order chi connectivity index (χ1) is 17.7. The molecule has 7 nitrogen and oxygen atoms in total. The molecule has 192 valence electrons. The Morgan fingerprint density at radius 1 is 1.05 bits per heavy atom. The minimum absolute atomic E-state index is 0.380. The summed E-state index contributed by atoms with van der Waals surface area (Å²) in [6.45, 7) is 7.70. The maximum Gasteiger partial charge on any atom is 0.408 e. The average molecular weight is 499 g/mol. The number of hydrogen-bond acceptors (Lipinski definition) is 5. The second-order valence-corrected chi connectivity index (χ2v) is 10.6. The highest BCUT2D eigenvalue weighted by atomic mass is 16.6. The number of methoxy groups -OCH3 is 1. The lowest BCUT2D eigenvalue weighted by molar-refractivity contribution is 0.0377. The Hall–Kier alpha value is -3.87. The van der Waals surface area contributed by atoms with Crippen LogP contribution in [-0.4, -0.2) is 33.4 Å². The predicted octanol–water partition coefficient (Wildman–Crippen LogP) is 6.54. The number of ether oxygens (including phenoxy) is 2. The molecule has 2 aromatic carbocycles. The van der Waals surface area contributed by atoms with Crippen molar-refractivity contribution in [2.45, 2.75) is 64.5 Å². The van der Waals surface area contributed by atoms with E-state index in [4.69, 9.17) is 19.6 Å². The lowest BCUT2D eigenvalue weighted by Crippen LogP contribution is -2.52. The number of hydrogen-bond donors (Lipinski definition) is 1. The van der Waals surface area contributed by atoms with Crippen LogP contribution in [-0.2, 0) is 16.7 Å². The summed E-state index contributed by atoms with van der Waals surface area (Å²) in [5, 5.41) is 8.04. The van der Waals surface area contributed by atoms with Gasteiger partial charge in [-0.05, 0) is 52.0 Å². The molecule has 2 aromatic heterocycles. The Labute approximate surface area is 217 Å². The number of carbonyl (C=O) groups excluding carboxylic acids is 1. The van der Waals surface area contributed by atoms with E-state index >= 15 is 0 Å². The fourth-order valence-electron chi connectivity index (χ4n) is 4.94. The van der Waals surface area contributed by atoms with Crippen molar-refractivity contribution in [2.24, 2.45) is 0 Å². The predicted molar refractivity (Wildman–Crippen MR) is 145 cm³/mol. The first-order valence-electron chi connectivity index (χ1n) is 12.9. The molecule has 7 heteroatoms. The van der Waals surface area contributed by atoms with Gasteiger partial charge in [-0.3, -0.25) is 0 Å². The van der Waals surface area contributed by atoms with Gasteiger partial charge in [-0.25, -0.2) is 14.3 Å². The van der Waals surface area contributed by atoms with Crippen LogP contribution in [0.25, 0.3) is 28.2 Å². The van der Waals surface area contributed by atoms with Gasteiger partial charge in [0.15, 0.2) is 5.65 Å². The molecular formula is C30H34N4O3. The molecule has 1 saturated carbocycles. The highest BCUT2D eigenvalue weighted by molar-refractivity contribution is 5.82. The van der Waals surface area contributed by atoms with Crippen LogP contribution >= 0.6 is 0 Å². The van der Waals surface area contributed by atoms with Crippen molar-refractivity contribution in [1.82, 2.24) is 19.9 Å². The van der Waals surface area contributed by atoms with Crippen molar-refractivity contribution < 1.29 is 14.3 Å². The SMILES string of the molecule is CCc1nn2c(-c3ccccc3)c(-c3ccc(C4(NC(=O)OC(C)(C)C)CCC4)cc3)nc2cc1OC. The van der Waals surface area contributed by atoms with E-state index in [0.29, 0.717) is 0 Å². The molecule has 0 bridgehead atoms. The van der Waals surface area contributed by atoms with Crippen LogP contribution in [0.1, 0.15) is 58.2 Å². The highest BCUT2D eigenvalue weighted by Gasteiger charge is 2.41. The Morgan fingerprint density at radius 2 is 1.76 bits per heavy atom. The fraction of sp³-hybridized carbons (Fsp3) is 0.367. The zero-order valence-electron chi connectivity index (χ0n) is 22.2. The lowest BCUT2D eigenvalue weighted by Gasteiger charge is -2.43. The highest BCUT2D eigenvalue weighted by Crippen LogP contribution is 2.42. The van der Waals surface area contributed by atoms with Gasteiger partial charge in [0, 0.05) is 17.2 Å². The number of amides is 1. The van der Waals surface area contributed by atoms with E-state index in [2.05, 4.69) is 48.6 Å². The molecule has 0 unspecified atom stereocenters. The zero-order chi connectivity index (χ0) is 26.2. The number of nitrogens with one attached hydrogen (secondary N) is 1. The van der Waals surface area contributed by atoms with Crippen molar-refractivity contribution in [3.8, 4) is 28.3 Å². The Balaban J connectivity index is 1.55. The Kier molecular flexibility index (Phi) is 6.40. The molecule has 5 rings (SSSR count). The third-order valence-electron chi connectivity index (χ3n) is 6.91. The maximum atomic E-state index is 12.6. The number of carbonyl (C=O) groups is 1. The molecule has 0 radical (unpaired) electrons. The van der Waals surface area contributed by atoms with Crippen LogP contribution in [0.15, 0.2) is 60.7 Å². The number of fused-ring (bicyclic) bond motifs is 1. The number of aryl methyl sites for hydroxylation is 1. The first kappa shape index (κ1) is 24.8. The molecule has 2 heterocycles. The van der Waals surface area contributed by atoms with E-state index in [-0.39, 0.29) is 6.09 Å². The maximum absolute atomic E-state index is 12.6. The second kappa shape index (κ2) is 9.54. The van der Waals surface area contributed by atoms with E-state index in [1.54, 1.807) is 7.11 Å². The fourth-order valence-corrected chi connectivity index (χ4v) is 4.94. The van der Waals surface area contributed by atoms with Crippen LogP contribution in [0.5, 0.6) is 5.75 Å². The molecule has 1 N–H and O–H groups in total. The summed E-state index contributed by atoms with van der Waals surface area (Å²) in [6, 6.07) is 20.5. The normalized spacial score (nSPS) is 14.7. The monoisotopic (exact) mass is 498 g/mol. The van der Waals surface area contributed by atoms with Gasteiger partial charge in [-0.2, -0.15) is 5.10 Å². The first-order valence-corrected chi connectivity index (χ1v) is 12.9. The van der Waals surface area contributed by atoms with Gasteiger partial charge in [0.2, 0.25) is 0 Å². The topological polar surface area (TPSA) is 77.8 Å². The molecular weight excluding hydrogens is 464 g/mol. The largest absolute Gasteiger partial charge is 0.495 e. The minimum atomic E-state index is -0.538. The number of nitrogens with zero attached hydrogens (tertiary/aromatic N) is 3. The molecule has 1 amide bonds. The molecule has 37 heavy (non-hydrogen) atoms. The number of alkyl carbamates (subject to hydrolysis) is 1. The van der Waals surface area contributed by atoms with E-state index in [0.717, 1.165) is 70.9 Å². The molecule has 0 aliphatic heterocycles. The van der Waals surface area contributed by atoms with Gasteiger partial charge in [0.25, 0.3) is 0 Å². The standard InChI is InChI=1S/C30H34N4O3/c1-6-23-24(36-5)19-25-31-26(27(34(25)33-23)21-11-8-7-9-12-21)20-13-15-22(16-14-20)30(17-10-18-30)32-28(35)37-29(2,3)4/h7-9,11-16,19H,6,10,17-18H2,1-5H3,(H,32,35). The van der Waals surface area contributed by atoms with Crippen molar-refractivity contribution in [2.75, 3.05) is 7.11 Å². The quantitative estimate of drug-likeness (QED) is 0.327. The van der Waals surface area contributed by atoms with Gasteiger partial charge >= 0.3 is 6.09 Å². The molecule has 0 atom stereocenters. The van der Waals surface area contributed by atoms with Crippen molar-refractivity contribution in [3.63, 3.8) is 0 Å². The molecule has 1 aliphatic carbocycles. The van der Waals surface area contributed by atoms with Crippen LogP contribution in [0, 0.1) is 0 Å². The molecule has 4 aromatic rings. The van der Waals surface area contributed by atoms with Crippen molar-refractivity contribution >= 4 is 11.7 Å². The van der Waals surface area contributed by atoms with Crippen LogP contribution in [0.2, 0.25) is 0 Å². The summed E-state index contributed by atoms with van der Waals surface area (Å²) >= 11 is 0. The van der Waals surface area contributed by atoms with Crippen LogP contribution < -0.4 is 10.1 Å². The molecule has 1 fully saturated rings. The number of rotatable bonds is 6. The van der Waals surface area contributed by atoms with Gasteiger partial charge in [-0.15, -0.1) is 0 Å². The Bertz CT molecular complexity index is 1420. The van der Waals surface area contributed by atoms with E-state index in [1.807, 2.05) is 49.6 Å². The van der Waals surface area contributed by atoms with Gasteiger partial charge < -0.3 is 14.8 Å².